The first-order valence-corrected chi connectivity index (χ1v) is 8.15. The number of nitrogens with zero attached hydrogens (tertiary/aromatic N) is 2. The molecular weight excluding hydrogens is 338 g/mol. The molecule has 0 fully saturated rings. The van der Waals surface area contributed by atoms with E-state index in [1.54, 1.807) is 0 Å². The maximum absolute atomic E-state index is 11.7. The van der Waals surface area contributed by atoms with Crippen LogP contribution in [-0.2, 0) is 9.53 Å². The van der Waals surface area contributed by atoms with Crippen molar-refractivity contribution in [1.82, 2.24) is 4.98 Å². The summed E-state index contributed by atoms with van der Waals surface area (Å²) in [6, 6.07) is 8.70. The van der Waals surface area contributed by atoms with Gasteiger partial charge in [-0.2, -0.15) is 0 Å². The Kier molecular flexibility index (Phi) is 6.90. The molecule has 8 heteroatoms. The van der Waals surface area contributed by atoms with Gasteiger partial charge >= 0.3 is 5.97 Å². The molecule has 0 aliphatic carbocycles. The van der Waals surface area contributed by atoms with E-state index in [4.69, 9.17) is 9.47 Å². The molecule has 2 rings (SSSR count). The Morgan fingerprint density at radius 1 is 1.27 bits per heavy atom. The Balaban J connectivity index is 1.62. The largest absolute Gasteiger partial charge is 0.482 e. The lowest BCUT2D eigenvalue weighted by atomic mass is 10.1. The number of rotatable bonds is 9. The number of anilines is 1. The Morgan fingerprint density at radius 3 is 2.77 bits per heavy atom. The van der Waals surface area contributed by atoms with Gasteiger partial charge in [0.1, 0.15) is 17.8 Å². The van der Waals surface area contributed by atoms with E-state index in [9.17, 15) is 14.9 Å². The lowest BCUT2D eigenvalue weighted by Gasteiger charge is -2.10. The van der Waals surface area contributed by atoms with Crippen LogP contribution in [0.25, 0.3) is 0 Å². The number of benzene rings is 1. The summed E-state index contributed by atoms with van der Waals surface area (Å²) in [6.07, 6.45) is 1.76. The van der Waals surface area contributed by atoms with Gasteiger partial charge in [-0.05, 0) is 43.5 Å². The highest BCUT2D eigenvalue weighted by Crippen LogP contribution is 2.19. The molecule has 0 amide bonds. The zero-order valence-corrected chi connectivity index (χ0v) is 14.7. The van der Waals surface area contributed by atoms with E-state index in [2.05, 4.69) is 10.3 Å². The van der Waals surface area contributed by atoms with Crippen molar-refractivity contribution in [3.05, 3.63) is 57.8 Å². The number of hydrogen-bond donors (Lipinski definition) is 1. The highest BCUT2D eigenvalue weighted by molar-refractivity contribution is 5.71. The Bertz CT molecular complexity index is 762. The smallest absolute Gasteiger partial charge is 0.344 e. The fourth-order valence-corrected chi connectivity index (χ4v) is 2.11. The van der Waals surface area contributed by atoms with Gasteiger partial charge in [-0.1, -0.05) is 12.1 Å². The van der Waals surface area contributed by atoms with Crippen LogP contribution in [-0.4, -0.2) is 35.6 Å². The zero-order valence-electron chi connectivity index (χ0n) is 14.7. The van der Waals surface area contributed by atoms with Gasteiger partial charge in [-0.3, -0.25) is 10.1 Å². The number of pyridine rings is 1. The maximum Gasteiger partial charge on any atom is 0.344 e. The topological polar surface area (TPSA) is 104 Å². The highest BCUT2D eigenvalue weighted by Gasteiger charge is 2.07. The molecule has 0 spiro atoms. The highest BCUT2D eigenvalue weighted by atomic mass is 16.6. The SMILES string of the molecule is Cc1ccc(C)c(OCC(=O)OCCCNc2ccc([N+](=O)[O-])cn2)c1. The Morgan fingerprint density at radius 2 is 2.08 bits per heavy atom. The van der Waals surface area contributed by atoms with Crippen LogP contribution in [0.1, 0.15) is 17.5 Å². The van der Waals surface area contributed by atoms with Crippen LogP contribution >= 0.6 is 0 Å². The molecule has 1 heterocycles. The van der Waals surface area contributed by atoms with Crippen molar-refractivity contribution in [2.45, 2.75) is 20.3 Å². The molecule has 138 valence electrons. The number of aryl methyl sites for hydroxylation is 2. The summed E-state index contributed by atoms with van der Waals surface area (Å²) >= 11 is 0. The third-order valence-electron chi connectivity index (χ3n) is 3.54. The molecule has 1 aromatic carbocycles. The van der Waals surface area contributed by atoms with Crippen molar-refractivity contribution >= 4 is 17.5 Å². The van der Waals surface area contributed by atoms with Crippen molar-refractivity contribution in [1.29, 1.82) is 0 Å². The van der Waals surface area contributed by atoms with Gasteiger partial charge in [0.25, 0.3) is 5.69 Å². The maximum atomic E-state index is 11.7. The van der Waals surface area contributed by atoms with Crippen LogP contribution in [0, 0.1) is 24.0 Å². The second kappa shape index (κ2) is 9.36. The van der Waals surface area contributed by atoms with Crippen LogP contribution in [0.5, 0.6) is 5.75 Å². The number of aromatic nitrogens is 1. The van der Waals surface area contributed by atoms with E-state index in [0.717, 1.165) is 11.1 Å². The average Bonchev–Trinajstić information content (AvgIpc) is 2.62. The van der Waals surface area contributed by atoms with E-state index in [0.29, 0.717) is 24.5 Å². The van der Waals surface area contributed by atoms with Gasteiger partial charge in [0.05, 0.1) is 11.5 Å². The molecule has 0 unspecified atom stereocenters. The molecule has 0 saturated carbocycles. The van der Waals surface area contributed by atoms with Gasteiger partial charge in [-0.15, -0.1) is 0 Å². The van der Waals surface area contributed by atoms with Gasteiger partial charge < -0.3 is 14.8 Å². The van der Waals surface area contributed by atoms with Crippen molar-refractivity contribution in [2.75, 3.05) is 25.1 Å². The number of nitrogens with one attached hydrogen (secondary N) is 1. The quantitative estimate of drug-likeness (QED) is 0.318. The van der Waals surface area contributed by atoms with E-state index in [-0.39, 0.29) is 18.9 Å². The molecule has 1 aromatic heterocycles. The second-order valence-electron chi connectivity index (χ2n) is 5.72. The third-order valence-corrected chi connectivity index (χ3v) is 3.54. The number of carbonyl (C=O) groups is 1. The van der Waals surface area contributed by atoms with Crippen LogP contribution in [0.2, 0.25) is 0 Å². The van der Waals surface area contributed by atoms with Crippen LogP contribution in [0.3, 0.4) is 0 Å². The molecule has 26 heavy (non-hydrogen) atoms. The number of esters is 1. The fraction of sp³-hybridized carbons (Fsp3) is 0.333. The summed E-state index contributed by atoms with van der Waals surface area (Å²) in [5.41, 5.74) is 1.96. The molecule has 0 saturated heterocycles. The van der Waals surface area contributed by atoms with Gasteiger partial charge in [0, 0.05) is 12.6 Å². The molecule has 0 atom stereocenters. The molecule has 0 aliphatic heterocycles. The molecule has 8 nitrogen and oxygen atoms in total. The first kappa shape index (κ1) is 19.2. The minimum absolute atomic E-state index is 0.0617. The normalized spacial score (nSPS) is 10.2. The molecule has 0 bridgehead atoms. The summed E-state index contributed by atoms with van der Waals surface area (Å²) in [6.45, 7) is 4.50. The van der Waals surface area contributed by atoms with Crippen molar-refractivity contribution in [3.8, 4) is 5.75 Å². The van der Waals surface area contributed by atoms with Gasteiger partial charge in [-0.25, -0.2) is 9.78 Å². The first-order valence-electron chi connectivity index (χ1n) is 8.15. The van der Waals surface area contributed by atoms with Crippen molar-refractivity contribution < 1.29 is 19.2 Å². The average molecular weight is 359 g/mol. The van der Waals surface area contributed by atoms with E-state index < -0.39 is 10.9 Å². The predicted molar refractivity (Wildman–Crippen MR) is 96.4 cm³/mol. The summed E-state index contributed by atoms with van der Waals surface area (Å²) in [7, 11) is 0. The minimum Gasteiger partial charge on any atom is -0.482 e. The predicted octanol–water partition coefficient (Wildman–Crippen LogP) is 3.03. The third kappa shape index (κ3) is 6.04. The van der Waals surface area contributed by atoms with Gasteiger partial charge in [0.15, 0.2) is 6.61 Å². The molecule has 2 aromatic rings. The monoisotopic (exact) mass is 359 g/mol. The zero-order chi connectivity index (χ0) is 18.9. The standard InChI is InChI=1S/C18H21N3O5/c1-13-4-5-14(2)16(10-13)26-12-18(22)25-9-3-8-19-17-7-6-15(11-20-17)21(23)24/h4-7,10-11H,3,8-9,12H2,1-2H3,(H,19,20). The molecular formula is C18H21N3O5. The summed E-state index contributed by atoms with van der Waals surface area (Å²) < 4.78 is 10.6. The summed E-state index contributed by atoms with van der Waals surface area (Å²) in [5, 5.41) is 13.5. The Hall–Kier alpha value is -3.16. The van der Waals surface area contributed by atoms with Crippen LogP contribution in [0.4, 0.5) is 11.5 Å². The minimum atomic E-state index is -0.503. The van der Waals surface area contributed by atoms with E-state index >= 15 is 0 Å². The van der Waals surface area contributed by atoms with E-state index in [1.165, 1.54) is 18.3 Å². The first-order chi connectivity index (χ1) is 12.5. The van der Waals surface area contributed by atoms with Crippen molar-refractivity contribution in [2.24, 2.45) is 0 Å². The van der Waals surface area contributed by atoms with Crippen LogP contribution < -0.4 is 10.1 Å². The lowest BCUT2D eigenvalue weighted by molar-refractivity contribution is -0.385. The van der Waals surface area contributed by atoms with E-state index in [1.807, 2.05) is 32.0 Å². The lowest BCUT2D eigenvalue weighted by Crippen LogP contribution is -2.17. The molecule has 0 aliphatic rings. The van der Waals surface area contributed by atoms with Crippen LogP contribution in [0.15, 0.2) is 36.5 Å². The summed E-state index contributed by atoms with van der Waals surface area (Å²) in [5.74, 6) is 0.771. The number of ether oxygens (including phenoxy) is 2. The number of carbonyl (C=O) groups excluding carboxylic acids is 1. The summed E-state index contributed by atoms with van der Waals surface area (Å²) in [4.78, 5) is 25.7. The Labute approximate surface area is 151 Å². The second-order valence-corrected chi connectivity index (χ2v) is 5.72. The van der Waals surface area contributed by atoms with Crippen molar-refractivity contribution in [3.63, 3.8) is 0 Å². The molecule has 1 N–H and O–H groups in total. The molecule has 0 radical (unpaired) electrons. The number of hydrogen-bond acceptors (Lipinski definition) is 7. The van der Waals surface area contributed by atoms with Gasteiger partial charge in [0.2, 0.25) is 0 Å². The number of nitro groups is 1. The fourth-order valence-electron chi connectivity index (χ4n) is 2.11.